The second-order valence-corrected chi connectivity index (χ2v) is 9.92. The number of carbonyl (C=O) groups excluding carboxylic acids is 2. The highest BCUT2D eigenvalue weighted by Gasteiger charge is 2.19. The topological polar surface area (TPSA) is 85.7 Å². The Kier molecular flexibility index (Phi) is 10.0. The number of aryl methyl sites for hydroxylation is 1. The number of unbranched alkanes of at least 4 members (excludes halogenated alkanes) is 2. The van der Waals surface area contributed by atoms with E-state index in [1.165, 1.54) is 12.8 Å². The summed E-state index contributed by atoms with van der Waals surface area (Å²) in [7, 11) is 3.18. The number of aromatic nitrogens is 2. The molecular weight excluding hydrogens is 480 g/mol. The number of benzene rings is 2. The standard InChI is InChI=1S/C30H40N4O4/c1-37-26-16-15-23(20-27(26)38-2)21-29(35)31-17-9-5-6-14-28-32-24-12-7-8-13-25(24)34(28)22-30(36)33-18-10-3-4-11-19-33/h7-8,12-13,15-16,20H,3-6,9-11,14,17-19,21-22H2,1-2H3,(H,31,35). The van der Waals surface area contributed by atoms with Crippen LogP contribution in [0.4, 0.5) is 0 Å². The van der Waals surface area contributed by atoms with E-state index in [4.69, 9.17) is 14.5 Å². The summed E-state index contributed by atoms with van der Waals surface area (Å²) in [6.07, 6.45) is 8.52. The van der Waals surface area contributed by atoms with Gasteiger partial charge < -0.3 is 24.3 Å². The van der Waals surface area contributed by atoms with Crippen LogP contribution in [0.5, 0.6) is 11.5 Å². The van der Waals surface area contributed by atoms with Gasteiger partial charge in [0.15, 0.2) is 11.5 Å². The van der Waals surface area contributed by atoms with Crippen molar-refractivity contribution in [2.45, 2.75) is 64.3 Å². The summed E-state index contributed by atoms with van der Waals surface area (Å²) < 4.78 is 12.7. The van der Waals surface area contributed by atoms with Crippen LogP contribution in [-0.2, 0) is 29.0 Å². The van der Waals surface area contributed by atoms with Crippen molar-refractivity contribution in [3.8, 4) is 11.5 Å². The summed E-state index contributed by atoms with van der Waals surface area (Å²) in [5, 5.41) is 3.01. The number of fused-ring (bicyclic) bond motifs is 1. The fraction of sp³-hybridized carbons (Fsp3) is 0.500. The number of rotatable bonds is 12. The van der Waals surface area contributed by atoms with Crippen LogP contribution in [0, 0.1) is 0 Å². The first-order valence-electron chi connectivity index (χ1n) is 13.8. The Labute approximate surface area is 225 Å². The maximum absolute atomic E-state index is 13.1. The third kappa shape index (κ3) is 7.27. The summed E-state index contributed by atoms with van der Waals surface area (Å²) in [5.74, 6) is 2.42. The number of nitrogens with zero attached hydrogens (tertiary/aromatic N) is 3. The van der Waals surface area contributed by atoms with Crippen LogP contribution in [0.25, 0.3) is 11.0 Å². The summed E-state index contributed by atoms with van der Waals surface area (Å²) in [6.45, 7) is 2.70. The molecule has 0 unspecified atom stereocenters. The third-order valence-electron chi connectivity index (χ3n) is 7.20. The summed E-state index contributed by atoms with van der Waals surface area (Å²) in [5.41, 5.74) is 2.84. The second-order valence-electron chi connectivity index (χ2n) is 9.92. The highest BCUT2D eigenvalue weighted by molar-refractivity contribution is 5.81. The molecule has 1 fully saturated rings. The molecule has 0 bridgehead atoms. The van der Waals surface area contributed by atoms with Crippen LogP contribution in [0.3, 0.4) is 0 Å². The Morgan fingerprint density at radius 2 is 1.68 bits per heavy atom. The predicted octanol–water partition coefficient (Wildman–Crippen LogP) is 4.53. The van der Waals surface area contributed by atoms with Gasteiger partial charge in [0.05, 0.1) is 31.7 Å². The third-order valence-corrected chi connectivity index (χ3v) is 7.20. The number of methoxy groups -OCH3 is 2. The minimum atomic E-state index is -0.00830. The molecule has 2 amide bonds. The molecule has 0 spiro atoms. The number of imidazole rings is 1. The number of nitrogens with one attached hydrogen (secondary N) is 1. The van der Waals surface area contributed by atoms with Crippen LogP contribution in [0.2, 0.25) is 0 Å². The summed E-state index contributed by atoms with van der Waals surface area (Å²) in [6, 6.07) is 13.6. The Balaban J connectivity index is 1.25. The van der Waals surface area contributed by atoms with Gasteiger partial charge in [-0.2, -0.15) is 0 Å². The molecule has 1 N–H and O–H groups in total. The van der Waals surface area contributed by atoms with Crippen molar-refractivity contribution in [3.63, 3.8) is 0 Å². The zero-order chi connectivity index (χ0) is 26.7. The van der Waals surface area contributed by atoms with Gasteiger partial charge in [0.1, 0.15) is 12.4 Å². The Morgan fingerprint density at radius 1 is 0.921 bits per heavy atom. The lowest BCUT2D eigenvalue weighted by Gasteiger charge is -2.21. The molecule has 204 valence electrons. The molecule has 2 aromatic carbocycles. The Morgan fingerprint density at radius 3 is 2.45 bits per heavy atom. The van der Waals surface area contributed by atoms with Crippen LogP contribution < -0.4 is 14.8 Å². The quantitative estimate of drug-likeness (QED) is 0.355. The Hall–Kier alpha value is -3.55. The average molecular weight is 521 g/mol. The lowest BCUT2D eigenvalue weighted by molar-refractivity contribution is -0.131. The van der Waals surface area contributed by atoms with Gasteiger partial charge >= 0.3 is 0 Å². The van der Waals surface area contributed by atoms with Gasteiger partial charge in [0, 0.05) is 26.1 Å². The molecule has 3 aromatic rings. The fourth-order valence-corrected chi connectivity index (χ4v) is 5.10. The maximum Gasteiger partial charge on any atom is 0.242 e. The van der Waals surface area contributed by atoms with Gasteiger partial charge in [-0.15, -0.1) is 0 Å². The molecule has 1 aliphatic heterocycles. The van der Waals surface area contributed by atoms with E-state index in [-0.39, 0.29) is 11.8 Å². The molecule has 8 nitrogen and oxygen atoms in total. The Bertz CT molecular complexity index is 1210. The lowest BCUT2D eigenvalue weighted by Crippen LogP contribution is -2.34. The summed E-state index contributed by atoms with van der Waals surface area (Å²) >= 11 is 0. The molecule has 1 aliphatic rings. The molecule has 4 rings (SSSR count). The molecule has 0 atom stereocenters. The number of likely N-dealkylation sites (tertiary alicyclic amines) is 1. The van der Waals surface area contributed by atoms with Gasteiger partial charge in [-0.05, 0) is 55.5 Å². The predicted molar refractivity (Wildman–Crippen MR) is 149 cm³/mol. The average Bonchev–Trinajstić information content (AvgIpc) is 3.08. The number of hydrogen-bond acceptors (Lipinski definition) is 5. The fourth-order valence-electron chi connectivity index (χ4n) is 5.10. The van der Waals surface area contributed by atoms with Crippen molar-refractivity contribution in [1.29, 1.82) is 0 Å². The normalized spacial score (nSPS) is 13.8. The molecule has 1 saturated heterocycles. The zero-order valence-electron chi connectivity index (χ0n) is 22.7. The molecule has 38 heavy (non-hydrogen) atoms. The van der Waals surface area contributed by atoms with E-state index >= 15 is 0 Å². The van der Waals surface area contributed by atoms with Crippen LogP contribution >= 0.6 is 0 Å². The van der Waals surface area contributed by atoms with E-state index in [1.54, 1.807) is 14.2 Å². The number of ether oxygens (including phenoxy) is 2. The molecule has 0 saturated carbocycles. The van der Waals surface area contributed by atoms with E-state index in [0.717, 1.165) is 74.0 Å². The SMILES string of the molecule is COc1ccc(CC(=O)NCCCCCc2nc3ccccc3n2CC(=O)N2CCCCCC2)cc1OC. The zero-order valence-corrected chi connectivity index (χ0v) is 22.7. The van der Waals surface area contributed by atoms with E-state index < -0.39 is 0 Å². The highest BCUT2D eigenvalue weighted by Crippen LogP contribution is 2.27. The van der Waals surface area contributed by atoms with Crippen molar-refractivity contribution in [2.75, 3.05) is 33.9 Å². The van der Waals surface area contributed by atoms with Gasteiger partial charge in [0.25, 0.3) is 0 Å². The highest BCUT2D eigenvalue weighted by atomic mass is 16.5. The number of para-hydroxylation sites is 2. The molecule has 0 aliphatic carbocycles. The first kappa shape index (κ1) is 27.5. The van der Waals surface area contributed by atoms with E-state index in [9.17, 15) is 9.59 Å². The monoisotopic (exact) mass is 520 g/mol. The maximum atomic E-state index is 13.1. The lowest BCUT2D eigenvalue weighted by atomic mass is 10.1. The van der Waals surface area contributed by atoms with Crippen molar-refractivity contribution >= 4 is 22.8 Å². The van der Waals surface area contributed by atoms with Crippen molar-refractivity contribution in [2.24, 2.45) is 0 Å². The van der Waals surface area contributed by atoms with Gasteiger partial charge in [-0.1, -0.05) is 37.5 Å². The van der Waals surface area contributed by atoms with Crippen molar-refractivity contribution in [1.82, 2.24) is 19.8 Å². The number of carbonyl (C=O) groups is 2. The smallest absolute Gasteiger partial charge is 0.242 e. The van der Waals surface area contributed by atoms with Crippen LogP contribution in [0.15, 0.2) is 42.5 Å². The number of hydrogen-bond donors (Lipinski definition) is 1. The molecule has 2 heterocycles. The molecular formula is C30H40N4O4. The molecule has 8 heteroatoms. The van der Waals surface area contributed by atoms with Gasteiger partial charge in [-0.3, -0.25) is 9.59 Å². The minimum absolute atomic E-state index is 0.00830. The molecule has 1 aromatic heterocycles. The van der Waals surface area contributed by atoms with Crippen LogP contribution in [-0.4, -0.2) is 60.1 Å². The first-order valence-corrected chi connectivity index (χ1v) is 13.8. The first-order chi connectivity index (χ1) is 18.6. The van der Waals surface area contributed by atoms with Crippen LogP contribution in [0.1, 0.15) is 56.3 Å². The van der Waals surface area contributed by atoms with E-state index in [1.807, 2.05) is 41.3 Å². The summed E-state index contributed by atoms with van der Waals surface area (Å²) in [4.78, 5) is 32.4. The second kappa shape index (κ2) is 13.8. The van der Waals surface area contributed by atoms with Gasteiger partial charge in [-0.25, -0.2) is 4.98 Å². The van der Waals surface area contributed by atoms with E-state index in [0.29, 0.717) is 31.0 Å². The van der Waals surface area contributed by atoms with Crippen molar-refractivity contribution < 1.29 is 19.1 Å². The van der Waals surface area contributed by atoms with E-state index in [2.05, 4.69) is 16.0 Å². The molecule has 0 radical (unpaired) electrons. The minimum Gasteiger partial charge on any atom is -0.493 e. The largest absolute Gasteiger partial charge is 0.493 e. The number of amides is 2. The van der Waals surface area contributed by atoms with Gasteiger partial charge in [0.2, 0.25) is 11.8 Å². The van der Waals surface area contributed by atoms with Crippen molar-refractivity contribution in [3.05, 3.63) is 53.9 Å².